The molecule has 2 amide bonds. The Morgan fingerprint density at radius 1 is 1.19 bits per heavy atom. The predicted molar refractivity (Wildman–Crippen MR) is 100 cm³/mol. The lowest BCUT2D eigenvalue weighted by Crippen LogP contribution is -2.43. The van der Waals surface area contributed by atoms with Crippen molar-refractivity contribution in [3.8, 4) is 0 Å². The number of pyridine rings is 1. The number of hydrogen-bond acceptors (Lipinski definition) is 3. The van der Waals surface area contributed by atoms with E-state index in [4.69, 9.17) is 0 Å². The zero-order valence-corrected chi connectivity index (χ0v) is 15.4. The maximum atomic E-state index is 13.0. The van der Waals surface area contributed by atoms with E-state index in [0.29, 0.717) is 13.1 Å². The molecule has 142 valence electrons. The summed E-state index contributed by atoms with van der Waals surface area (Å²) in [6, 6.07) is 11.6. The molecule has 0 saturated carbocycles. The largest absolute Gasteiger partial charge is 0.348 e. The fourth-order valence-corrected chi connectivity index (χ4v) is 3.58. The van der Waals surface area contributed by atoms with E-state index in [0.717, 1.165) is 24.1 Å². The molecule has 0 aliphatic carbocycles. The third kappa shape index (κ3) is 5.12. The number of halogens is 1. The van der Waals surface area contributed by atoms with Crippen molar-refractivity contribution < 1.29 is 14.0 Å². The van der Waals surface area contributed by atoms with E-state index in [1.54, 1.807) is 18.3 Å². The SMILES string of the molecule is CC(=O)N[C@H](c1ccccn1)C1CCN(C(=O)Cc2ccc(F)cc2)CC1. The van der Waals surface area contributed by atoms with Crippen LogP contribution in [0.15, 0.2) is 48.7 Å². The minimum atomic E-state index is -0.300. The van der Waals surface area contributed by atoms with Gasteiger partial charge in [0.25, 0.3) is 0 Å². The lowest BCUT2D eigenvalue weighted by Gasteiger charge is -2.36. The molecule has 0 radical (unpaired) electrons. The zero-order chi connectivity index (χ0) is 19.2. The van der Waals surface area contributed by atoms with E-state index in [-0.39, 0.29) is 36.0 Å². The fourth-order valence-electron chi connectivity index (χ4n) is 3.58. The lowest BCUT2D eigenvalue weighted by molar-refractivity contribution is -0.132. The Labute approximate surface area is 158 Å². The highest BCUT2D eigenvalue weighted by Crippen LogP contribution is 2.30. The molecule has 5 nitrogen and oxygen atoms in total. The van der Waals surface area contributed by atoms with Crippen LogP contribution in [0.3, 0.4) is 0 Å². The number of hydrogen-bond donors (Lipinski definition) is 1. The van der Waals surface area contributed by atoms with E-state index in [2.05, 4.69) is 10.3 Å². The Balaban J connectivity index is 1.60. The summed E-state index contributed by atoms with van der Waals surface area (Å²) in [6.45, 7) is 2.80. The fraction of sp³-hybridized carbons (Fsp3) is 0.381. The van der Waals surface area contributed by atoms with Gasteiger partial charge in [0.15, 0.2) is 0 Å². The van der Waals surface area contributed by atoms with E-state index >= 15 is 0 Å². The van der Waals surface area contributed by atoms with Gasteiger partial charge in [0.1, 0.15) is 5.82 Å². The number of rotatable bonds is 5. The van der Waals surface area contributed by atoms with Gasteiger partial charge in [0.2, 0.25) is 11.8 Å². The first-order chi connectivity index (χ1) is 13.0. The second-order valence-electron chi connectivity index (χ2n) is 6.95. The molecule has 0 unspecified atom stereocenters. The third-order valence-electron chi connectivity index (χ3n) is 5.00. The van der Waals surface area contributed by atoms with Crippen LogP contribution in [0.25, 0.3) is 0 Å². The highest BCUT2D eigenvalue weighted by molar-refractivity contribution is 5.78. The van der Waals surface area contributed by atoms with E-state index in [1.165, 1.54) is 19.1 Å². The van der Waals surface area contributed by atoms with Gasteiger partial charge in [-0.15, -0.1) is 0 Å². The van der Waals surface area contributed by atoms with Gasteiger partial charge in [0.05, 0.1) is 18.2 Å². The number of likely N-dealkylation sites (tertiary alicyclic amines) is 1. The molecule has 2 heterocycles. The summed E-state index contributed by atoms with van der Waals surface area (Å²) in [4.78, 5) is 30.4. The van der Waals surface area contributed by atoms with Crippen LogP contribution in [0.2, 0.25) is 0 Å². The summed E-state index contributed by atoms with van der Waals surface area (Å²) >= 11 is 0. The van der Waals surface area contributed by atoms with Crippen LogP contribution in [0.5, 0.6) is 0 Å². The van der Waals surface area contributed by atoms with E-state index in [1.807, 2.05) is 23.1 Å². The highest BCUT2D eigenvalue weighted by atomic mass is 19.1. The molecule has 27 heavy (non-hydrogen) atoms. The van der Waals surface area contributed by atoms with Gasteiger partial charge in [-0.05, 0) is 48.6 Å². The minimum absolute atomic E-state index is 0.0500. The summed E-state index contributed by atoms with van der Waals surface area (Å²) in [5.74, 6) is -0.0985. The number of amides is 2. The predicted octanol–water partition coefficient (Wildman–Crippen LogP) is 2.88. The van der Waals surface area contributed by atoms with Crippen LogP contribution in [-0.4, -0.2) is 34.8 Å². The van der Waals surface area contributed by atoms with Gasteiger partial charge >= 0.3 is 0 Å². The van der Waals surface area contributed by atoms with Gasteiger partial charge in [-0.2, -0.15) is 0 Å². The normalized spacial score (nSPS) is 16.0. The summed E-state index contributed by atoms with van der Waals surface area (Å²) < 4.78 is 13.0. The Morgan fingerprint density at radius 3 is 2.48 bits per heavy atom. The van der Waals surface area contributed by atoms with Crippen molar-refractivity contribution in [2.24, 2.45) is 5.92 Å². The first-order valence-electron chi connectivity index (χ1n) is 9.23. The van der Waals surface area contributed by atoms with Crippen molar-refractivity contribution in [3.05, 3.63) is 65.7 Å². The van der Waals surface area contributed by atoms with Crippen LogP contribution in [0, 0.1) is 11.7 Å². The molecule has 1 N–H and O–H groups in total. The molecule has 0 bridgehead atoms. The molecular weight excluding hydrogens is 345 g/mol. The molecule has 0 spiro atoms. The highest BCUT2D eigenvalue weighted by Gasteiger charge is 2.30. The van der Waals surface area contributed by atoms with E-state index < -0.39 is 0 Å². The molecule has 1 saturated heterocycles. The molecular formula is C21H24FN3O2. The Hall–Kier alpha value is -2.76. The minimum Gasteiger partial charge on any atom is -0.348 e. The summed E-state index contributed by atoms with van der Waals surface area (Å²) in [5.41, 5.74) is 1.66. The molecule has 2 aromatic rings. The molecule has 3 rings (SSSR count). The Bertz CT molecular complexity index is 772. The second kappa shape index (κ2) is 8.75. The monoisotopic (exact) mass is 369 g/mol. The maximum absolute atomic E-state index is 13.0. The molecule has 1 aromatic heterocycles. The first-order valence-corrected chi connectivity index (χ1v) is 9.23. The number of nitrogens with one attached hydrogen (secondary N) is 1. The average Bonchev–Trinajstić information content (AvgIpc) is 2.68. The molecule has 1 aromatic carbocycles. The van der Waals surface area contributed by atoms with Gasteiger partial charge in [0, 0.05) is 26.2 Å². The quantitative estimate of drug-likeness (QED) is 0.882. The van der Waals surface area contributed by atoms with Crippen LogP contribution >= 0.6 is 0 Å². The number of carbonyl (C=O) groups excluding carboxylic acids is 2. The smallest absolute Gasteiger partial charge is 0.226 e. The second-order valence-corrected chi connectivity index (χ2v) is 6.95. The number of nitrogens with zero attached hydrogens (tertiary/aromatic N) is 2. The van der Waals surface area contributed by atoms with Crippen molar-refractivity contribution >= 4 is 11.8 Å². The topological polar surface area (TPSA) is 62.3 Å². The third-order valence-corrected chi connectivity index (χ3v) is 5.00. The summed E-state index contributed by atoms with van der Waals surface area (Å²) in [6.07, 6.45) is 3.61. The van der Waals surface area contributed by atoms with Gasteiger partial charge < -0.3 is 10.2 Å². The number of aromatic nitrogens is 1. The molecule has 1 atom stereocenters. The van der Waals surface area contributed by atoms with E-state index in [9.17, 15) is 14.0 Å². The molecule has 1 aliphatic heterocycles. The van der Waals surface area contributed by atoms with Gasteiger partial charge in [-0.3, -0.25) is 14.6 Å². The van der Waals surface area contributed by atoms with Crippen LogP contribution < -0.4 is 5.32 Å². The van der Waals surface area contributed by atoms with Gasteiger partial charge in [-0.1, -0.05) is 18.2 Å². The van der Waals surface area contributed by atoms with Crippen molar-refractivity contribution in [3.63, 3.8) is 0 Å². The van der Waals surface area contributed by atoms with Gasteiger partial charge in [-0.25, -0.2) is 4.39 Å². The van der Waals surface area contributed by atoms with Crippen LogP contribution in [0.1, 0.15) is 37.1 Å². The average molecular weight is 369 g/mol. The summed E-state index contributed by atoms with van der Waals surface area (Å²) in [7, 11) is 0. The summed E-state index contributed by atoms with van der Waals surface area (Å²) in [5, 5.41) is 3.01. The van der Waals surface area contributed by atoms with Crippen LogP contribution in [0.4, 0.5) is 4.39 Å². The van der Waals surface area contributed by atoms with Crippen molar-refractivity contribution in [2.45, 2.75) is 32.2 Å². The Kier molecular flexibility index (Phi) is 6.16. The lowest BCUT2D eigenvalue weighted by atomic mass is 9.87. The van der Waals surface area contributed by atoms with Crippen LogP contribution in [-0.2, 0) is 16.0 Å². The van der Waals surface area contributed by atoms with Crippen molar-refractivity contribution in [1.82, 2.24) is 15.2 Å². The number of piperidine rings is 1. The molecule has 1 fully saturated rings. The molecule has 6 heteroatoms. The Morgan fingerprint density at radius 2 is 1.89 bits per heavy atom. The standard InChI is InChI=1S/C21H24FN3O2/c1-15(26)24-21(19-4-2-3-11-23-19)17-9-12-25(13-10-17)20(27)14-16-5-7-18(22)8-6-16/h2-8,11,17,21H,9-10,12-14H2,1H3,(H,24,26)/t21-/m0/s1. The first kappa shape index (κ1) is 19.0. The molecule has 1 aliphatic rings. The maximum Gasteiger partial charge on any atom is 0.226 e. The zero-order valence-electron chi connectivity index (χ0n) is 15.4. The van der Waals surface area contributed by atoms with Crippen molar-refractivity contribution in [1.29, 1.82) is 0 Å². The number of benzene rings is 1. The van der Waals surface area contributed by atoms with Crippen molar-refractivity contribution in [2.75, 3.05) is 13.1 Å². The number of carbonyl (C=O) groups is 2.